The van der Waals surface area contributed by atoms with Gasteiger partial charge in [0.25, 0.3) is 0 Å². The predicted molar refractivity (Wildman–Crippen MR) is 73.4 cm³/mol. The van der Waals surface area contributed by atoms with Crippen LogP contribution in [0.2, 0.25) is 10.6 Å². The molecule has 0 atom stereocenters. The number of rotatable bonds is 0. The molecule has 0 radical (unpaired) electrons. The first-order valence-electron chi connectivity index (χ1n) is 5.35. The highest BCUT2D eigenvalue weighted by molar-refractivity contribution is 6.29. The molecule has 0 saturated carbocycles. The van der Waals surface area contributed by atoms with Gasteiger partial charge in [0.15, 0.2) is 11.3 Å². The van der Waals surface area contributed by atoms with Gasteiger partial charge in [-0.15, -0.1) is 0 Å². The summed E-state index contributed by atoms with van der Waals surface area (Å²) in [4.78, 5) is 28.7. The second kappa shape index (κ2) is 5.35. The molecule has 10 heteroatoms. The van der Waals surface area contributed by atoms with Crippen molar-refractivity contribution < 1.29 is 0 Å². The van der Waals surface area contributed by atoms with Crippen molar-refractivity contribution in [3.05, 3.63) is 35.6 Å². The van der Waals surface area contributed by atoms with Gasteiger partial charge in [-0.25, -0.2) is 19.9 Å². The van der Waals surface area contributed by atoms with Gasteiger partial charge in [0.2, 0.25) is 10.6 Å². The van der Waals surface area contributed by atoms with Crippen molar-refractivity contribution in [3.8, 4) is 0 Å². The fourth-order valence-electron chi connectivity index (χ4n) is 1.45. The Balaban J connectivity index is 0.000000123. The number of aromatic nitrogens is 8. The molecule has 8 nitrogen and oxygen atoms in total. The van der Waals surface area contributed by atoms with E-state index in [4.69, 9.17) is 23.2 Å². The Hall–Kier alpha value is -2.32. The molecule has 4 rings (SSSR count). The van der Waals surface area contributed by atoms with Crippen LogP contribution in [0.25, 0.3) is 22.3 Å². The average Bonchev–Trinajstić information content (AvgIpc) is 3.04. The van der Waals surface area contributed by atoms with Crippen LogP contribution < -0.4 is 0 Å². The number of nitrogens with zero attached hydrogens (tertiary/aromatic N) is 6. The normalized spacial score (nSPS) is 10.5. The van der Waals surface area contributed by atoms with Crippen LogP contribution in [0.3, 0.4) is 0 Å². The highest BCUT2D eigenvalue weighted by Gasteiger charge is 2.01. The SMILES string of the molecule is Clc1ncc2[nH]c(Cl)nc2n1.c1ncc2[nH]cnc2n1. The standard InChI is InChI=1S/C5H2Cl2N4.C5H4N4/c6-4-8-1-2-3(10-4)11-5(7)9-2;1-4-5(8-2-6-1)9-3-7-4/h1H,(H,8,9,10,11);1-3H,(H,6,7,8,9). The number of halogens is 2. The minimum atomic E-state index is 0.167. The van der Waals surface area contributed by atoms with Crippen molar-refractivity contribution in [1.82, 2.24) is 39.9 Å². The zero-order valence-corrected chi connectivity index (χ0v) is 11.3. The molecule has 4 heterocycles. The van der Waals surface area contributed by atoms with E-state index in [9.17, 15) is 0 Å². The molecule has 0 aliphatic carbocycles. The fraction of sp³-hybridized carbons (Fsp3) is 0. The number of imidazole rings is 2. The maximum Gasteiger partial charge on any atom is 0.224 e. The first kappa shape index (κ1) is 12.7. The summed E-state index contributed by atoms with van der Waals surface area (Å²) in [5.41, 5.74) is 2.75. The quantitative estimate of drug-likeness (QED) is 0.380. The lowest BCUT2D eigenvalue weighted by molar-refractivity contribution is 1.20. The van der Waals surface area contributed by atoms with Crippen LogP contribution in [-0.2, 0) is 0 Å². The van der Waals surface area contributed by atoms with Crippen LogP contribution in [0.1, 0.15) is 0 Å². The van der Waals surface area contributed by atoms with Crippen LogP contribution in [0, 0.1) is 0 Å². The number of aromatic amines is 2. The molecular weight excluding hydrogens is 303 g/mol. The topological polar surface area (TPSA) is 109 Å². The first-order chi connectivity index (χ1) is 9.72. The van der Waals surface area contributed by atoms with Gasteiger partial charge in [0.1, 0.15) is 17.4 Å². The Kier molecular flexibility index (Phi) is 3.40. The van der Waals surface area contributed by atoms with E-state index < -0.39 is 0 Å². The zero-order valence-electron chi connectivity index (χ0n) is 9.75. The molecule has 0 saturated heterocycles. The maximum absolute atomic E-state index is 5.56. The second-order valence-corrected chi connectivity index (χ2v) is 4.26. The van der Waals surface area contributed by atoms with Gasteiger partial charge in [0, 0.05) is 0 Å². The fourth-order valence-corrected chi connectivity index (χ4v) is 1.76. The Morgan fingerprint density at radius 2 is 1.80 bits per heavy atom. The summed E-state index contributed by atoms with van der Waals surface area (Å²) in [5.74, 6) is 0. The number of nitrogens with one attached hydrogen (secondary N) is 2. The largest absolute Gasteiger partial charge is 0.342 e. The van der Waals surface area contributed by atoms with Crippen molar-refractivity contribution in [1.29, 1.82) is 0 Å². The van der Waals surface area contributed by atoms with Crippen molar-refractivity contribution >= 4 is 45.5 Å². The van der Waals surface area contributed by atoms with Gasteiger partial charge in [0.05, 0.1) is 18.7 Å². The first-order valence-corrected chi connectivity index (χ1v) is 6.11. The predicted octanol–water partition coefficient (Wildman–Crippen LogP) is 2.01. The third-order valence-corrected chi connectivity index (χ3v) is 2.64. The van der Waals surface area contributed by atoms with Gasteiger partial charge in [-0.1, -0.05) is 0 Å². The summed E-state index contributed by atoms with van der Waals surface area (Å²) in [6, 6.07) is 0. The molecule has 0 aromatic carbocycles. The Morgan fingerprint density at radius 1 is 0.900 bits per heavy atom. The number of hydrogen-bond donors (Lipinski definition) is 2. The van der Waals surface area contributed by atoms with Crippen LogP contribution in [0.5, 0.6) is 0 Å². The van der Waals surface area contributed by atoms with E-state index in [-0.39, 0.29) is 10.6 Å². The summed E-state index contributed by atoms with van der Waals surface area (Å²) >= 11 is 11.1. The second-order valence-electron chi connectivity index (χ2n) is 3.57. The van der Waals surface area contributed by atoms with E-state index in [1.54, 1.807) is 12.5 Å². The van der Waals surface area contributed by atoms with E-state index in [1.165, 1.54) is 12.5 Å². The van der Waals surface area contributed by atoms with Gasteiger partial charge in [-0.2, -0.15) is 9.97 Å². The highest BCUT2D eigenvalue weighted by Crippen LogP contribution is 2.12. The lowest BCUT2D eigenvalue weighted by atomic mass is 10.6. The van der Waals surface area contributed by atoms with Crippen LogP contribution >= 0.6 is 23.2 Å². The number of fused-ring (bicyclic) bond motifs is 2. The maximum atomic E-state index is 5.56. The number of hydrogen-bond acceptors (Lipinski definition) is 6. The Labute approximate surface area is 121 Å². The van der Waals surface area contributed by atoms with E-state index in [1.807, 2.05) is 0 Å². The Bertz CT molecular complexity index is 824. The summed E-state index contributed by atoms with van der Waals surface area (Å²) in [5, 5.41) is 0.456. The molecule has 0 amide bonds. The molecule has 0 unspecified atom stereocenters. The monoisotopic (exact) mass is 308 g/mol. The molecular formula is C10H6Cl2N8. The van der Waals surface area contributed by atoms with Crippen molar-refractivity contribution in [2.24, 2.45) is 0 Å². The lowest BCUT2D eigenvalue weighted by Crippen LogP contribution is -1.81. The van der Waals surface area contributed by atoms with Crippen molar-refractivity contribution in [2.45, 2.75) is 0 Å². The minimum absolute atomic E-state index is 0.167. The van der Waals surface area contributed by atoms with Crippen molar-refractivity contribution in [2.75, 3.05) is 0 Å². The molecule has 0 aliphatic rings. The molecule has 0 spiro atoms. The van der Waals surface area contributed by atoms with E-state index in [0.29, 0.717) is 16.8 Å². The molecule has 100 valence electrons. The van der Waals surface area contributed by atoms with Gasteiger partial charge < -0.3 is 9.97 Å². The summed E-state index contributed by atoms with van der Waals surface area (Å²) < 4.78 is 0. The van der Waals surface area contributed by atoms with E-state index >= 15 is 0 Å². The molecule has 0 aliphatic heterocycles. The van der Waals surface area contributed by atoms with Gasteiger partial charge in [-0.05, 0) is 23.2 Å². The third kappa shape index (κ3) is 2.65. The zero-order chi connectivity index (χ0) is 13.9. The minimum Gasteiger partial charge on any atom is -0.342 e. The van der Waals surface area contributed by atoms with Crippen LogP contribution in [0.15, 0.2) is 25.0 Å². The molecule has 4 aromatic rings. The summed E-state index contributed by atoms with van der Waals surface area (Å²) in [7, 11) is 0. The van der Waals surface area contributed by atoms with E-state index in [2.05, 4.69) is 39.9 Å². The van der Waals surface area contributed by atoms with Crippen LogP contribution in [0.4, 0.5) is 0 Å². The Morgan fingerprint density at radius 3 is 2.65 bits per heavy atom. The molecule has 0 bridgehead atoms. The van der Waals surface area contributed by atoms with E-state index in [0.717, 1.165) is 5.52 Å². The molecule has 4 aromatic heterocycles. The highest BCUT2D eigenvalue weighted by atomic mass is 35.5. The van der Waals surface area contributed by atoms with Crippen molar-refractivity contribution in [3.63, 3.8) is 0 Å². The van der Waals surface area contributed by atoms with Crippen LogP contribution in [-0.4, -0.2) is 39.9 Å². The smallest absolute Gasteiger partial charge is 0.224 e. The molecule has 20 heavy (non-hydrogen) atoms. The molecule has 2 N–H and O–H groups in total. The number of H-pyrrole nitrogens is 2. The molecule has 0 fully saturated rings. The van der Waals surface area contributed by atoms with Gasteiger partial charge in [-0.3, -0.25) is 0 Å². The lowest BCUT2D eigenvalue weighted by Gasteiger charge is -1.85. The summed E-state index contributed by atoms with van der Waals surface area (Å²) in [6.45, 7) is 0. The summed E-state index contributed by atoms with van der Waals surface area (Å²) in [6.07, 6.45) is 6.29. The third-order valence-electron chi connectivity index (χ3n) is 2.28. The average molecular weight is 309 g/mol. The van der Waals surface area contributed by atoms with Gasteiger partial charge >= 0.3 is 0 Å².